The number of hydrogen-bond donors (Lipinski definition) is 0. The van der Waals surface area contributed by atoms with Crippen LogP contribution >= 0.6 is 15.9 Å². The fourth-order valence-electron chi connectivity index (χ4n) is 2.89. The van der Waals surface area contributed by atoms with Crippen molar-refractivity contribution in [1.29, 1.82) is 0 Å². The molecule has 0 bridgehead atoms. The third-order valence-corrected chi connectivity index (χ3v) is 4.64. The number of nitrogens with zero attached hydrogens (tertiary/aromatic N) is 2. The summed E-state index contributed by atoms with van der Waals surface area (Å²) in [6.45, 7) is 2.01. The van der Waals surface area contributed by atoms with E-state index in [0.717, 1.165) is 10.2 Å². The van der Waals surface area contributed by atoms with Gasteiger partial charge in [-0.15, -0.1) is 0 Å². The molecule has 3 rings (SSSR count). The fraction of sp³-hybridized carbons (Fsp3) is 0.500. The summed E-state index contributed by atoms with van der Waals surface area (Å²) in [7, 11) is 1.86. The van der Waals surface area contributed by atoms with Crippen molar-refractivity contribution in [3.63, 3.8) is 0 Å². The Bertz CT molecular complexity index is 499. The molecule has 1 amide bonds. The minimum absolute atomic E-state index is 0.0536. The number of likely N-dealkylation sites (N-methyl/N-ethyl adjacent to an activating group) is 1. The molecule has 1 fully saturated rings. The molecule has 96 valence electrons. The van der Waals surface area contributed by atoms with Gasteiger partial charge in [0.2, 0.25) is 5.91 Å². The van der Waals surface area contributed by atoms with Crippen LogP contribution in [0, 0.1) is 0 Å². The SMILES string of the molecule is CC1C(=O)N(C)c2ccc(Br)cc2N1C1CCC1. The molecule has 0 aromatic heterocycles. The number of fused-ring (bicyclic) bond motifs is 1. The van der Waals surface area contributed by atoms with Crippen LogP contribution in [0.25, 0.3) is 0 Å². The third-order valence-electron chi connectivity index (χ3n) is 4.15. The molecule has 2 aliphatic rings. The normalized spacial score (nSPS) is 23.9. The Morgan fingerprint density at radius 2 is 2.00 bits per heavy atom. The van der Waals surface area contributed by atoms with Crippen LogP contribution in [-0.4, -0.2) is 25.0 Å². The largest absolute Gasteiger partial charge is 0.355 e. The van der Waals surface area contributed by atoms with Crippen LogP contribution in [0.1, 0.15) is 26.2 Å². The van der Waals surface area contributed by atoms with E-state index < -0.39 is 0 Å². The zero-order chi connectivity index (χ0) is 12.9. The first-order valence-electron chi connectivity index (χ1n) is 6.45. The molecule has 1 aromatic carbocycles. The summed E-state index contributed by atoms with van der Waals surface area (Å²) < 4.78 is 1.07. The maximum atomic E-state index is 12.3. The molecule has 1 aliphatic heterocycles. The molecule has 1 heterocycles. The molecule has 4 heteroatoms. The molecule has 0 radical (unpaired) electrons. The lowest BCUT2D eigenvalue weighted by atomic mass is 9.88. The highest BCUT2D eigenvalue weighted by Gasteiger charge is 2.39. The van der Waals surface area contributed by atoms with Crippen molar-refractivity contribution in [3.05, 3.63) is 22.7 Å². The first kappa shape index (κ1) is 12.0. The molecule has 0 spiro atoms. The summed E-state index contributed by atoms with van der Waals surface area (Å²) in [5, 5.41) is 0. The van der Waals surface area contributed by atoms with Crippen molar-refractivity contribution in [3.8, 4) is 0 Å². The Labute approximate surface area is 116 Å². The number of hydrogen-bond acceptors (Lipinski definition) is 2. The van der Waals surface area contributed by atoms with E-state index in [4.69, 9.17) is 0 Å². The first-order valence-corrected chi connectivity index (χ1v) is 7.24. The highest BCUT2D eigenvalue weighted by molar-refractivity contribution is 9.10. The van der Waals surface area contributed by atoms with E-state index in [2.05, 4.69) is 26.9 Å². The number of benzene rings is 1. The van der Waals surface area contributed by atoms with Crippen LogP contribution in [-0.2, 0) is 4.79 Å². The van der Waals surface area contributed by atoms with Gasteiger partial charge in [0.25, 0.3) is 0 Å². The van der Waals surface area contributed by atoms with E-state index in [0.29, 0.717) is 6.04 Å². The van der Waals surface area contributed by atoms with Gasteiger partial charge in [0, 0.05) is 17.6 Å². The summed E-state index contributed by atoms with van der Waals surface area (Å²) in [6, 6.07) is 6.63. The minimum atomic E-state index is -0.0536. The summed E-state index contributed by atoms with van der Waals surface area (Å²) in [4.78, 5) is 16.4. The molecule has 1 saturated carbocycles. The van der Waals surface area contributed by atoms with Gasteiger partial charge in [0.15, 0.2) is 0 Å². The Morgan fingerprint density at radius 1 is 1.28 bits per heavy atom. The van der Waals surface area contributed by atoms with Crippen molar-refractivity contribution in [2.45, 2.75) is 38.3 Å². The Hall–Kier alpha value is -1.03. The predicted octanol–water partition coefficient (Wildman–Crippen LogP) is 3.17. The number of carbonyl (C=O) groups is 1. The van der Waals surface area contributed by atoms with E-state index in [-0.39, 0.29) is 11.9 Å². The van der Waals surface area contributed by atoms with Crippen molar-refractivity contribution in [2.75, 3.05) is 16.8 Å². The van der Waals surface area contributed by atoms with Crippen molar-refractivity contribution in [2.24, 2.45) is 0 Å². The van der Waals surface area contributed by atoms with Crippen LogP contribution in [0.2, 0.25) is 0 Å². The maximum Gasteiger partial charge on any atom is 0.249 e. The van der Waals surface area contributed by atoms with Gasteiger partial charge in [-0.25, -0.2) is 0 Å². The van der Waals surface area contributed by atoms with E-state index in [1.807, 2.05) is 26.1 Å². The zero-order valence-electron chi connectivity index (χ0n) is 10.7. The smallest absolute Gasteiger partial charge is 0.249 e. The van der Waals surface area contributed by atoms with Gasteiger partial charge in [0.1, 0.15) is 6.04 Å². The van der Waals surface area contributed by atoms with E-state index in [1.54, 1.807) is 4.90 Å². The first-order chi connectivity index (χ1) is 8.59. The summed E-state index contributed by atoms with van der Waals surface area (Å²) in [6.07, 6.45) is 3.68. The quantitative estimate of drug-likeness (QED) is 0.795. The van der Waals surface area contributed by atoms with Crippen LogP contribution < -0.4 is 9.80 Å². The monoisotopic (exact) mass is 308 g/mol. The van der Waals surface area contributed by atoms with Crippen molar-refractivity contribution >= 4 is 33.2 Å². The molecular weight excluding hydrogens is 292 g/mol. The molecule has 1 atom stereocenters. The topological polar surface area (TPSA) is 23.6 Å². The molecular formula is C14H17BrN2O. The molecule has 18 heavy (non-hydrogen) atoms. The Morgan fingerprint density at radius 3 is 2.61 bits per heavy atom. The number of rotatable bonds is 1. The minimum Gasteiger partial charge on any atom is -0.355 e. The van der Waals surface area contributed by atoms with Gasteiger partial charge in [-0.1, -0.05) is 15.9 Å². The van der Waals surface area contributed by atoms with Crippen LogP contribution in [0.15, 0.2) is 22.7 Å². The number of carbonyl (C=O) groups excluding carboxylic acids is 1. The second kappa shape index (κ2) is 4.26. The van der Waals surface area contributed by atoms with Crippen LogP contribution in [0.3, 0.4) is 0 Å². The lowest BCUT2D eigenvalue weighted by molar-refractivity contribution is -0.119. The molecule has 1 aromatic rings. The molecule has 1 aliphatic carbocycles. The van der Waals surface area contributed by atoms with Gasteiger partial charge in [-0.2, -0.15) is 0 Å². The second-order valence-electron chi connectivity index (χ2n) is 5.20. The van der Waals surface area contributed by atoms with Gasteiger partial charge < -0.3 is 9.80 Å². The summed E-state index contributed by atoms with van der Waals surface area (Å²) in [5.41, 5.74) is 2.21. The third kappa shape index (κ3) is 1.66. The Balaban J connectivity index is 2.11. The van der Waals surface area contributed by atoms with Crippen molar-refractivity contribution in [1.82, 2.24) is 0 Å². The standard InChI is InChI=1S/C14H17BrN2O/c1-9-14(18)16(2)12-7-6-10(15)8-13(12)17(9)11-4-3-5-11/h6-9,11H,3-5H2,1-2H3. The number of anilines is 2. The lowest BCUT2D eigenvalue weighted by Gasteiger charge is -2.47. The molecule has 3 nitrogen and oxygen atoms in total. The fourth-order valence-corrected chi connectivity index (χ4v) is 3.24. The van der Waals surface area contributed by atoms with Gasteiger partial charge in [0.05, 0.1) is 11.4 Å². The molecule has 0 saturated heterocycles. The van der Waals surface area contributed by atoms with Crippen LogP contribution in [0.4, 0.5) is 11.4 Å². The summed E-state index contributed by atoms with van der Waals surface area (Å²) in [5.74, 6) is 0.191. The highest BCUT2D eigenvalue weighted by Crippen LogP contribution is 2.41. The molecule has 0 N–H and O–H groups in total. The predicted molar refractivity (Wildman–Crippen MR) is 77.1 cm³/mol. The number of halogens is 1. The lowest BCUT2D eigenvalue weighted by Crippen LogP contribution is -2.56. The average Bonchev–Trinajstić information content (AvgIpc) is 2.29. The van der Waals surface area contributed by atoms with Gasteiger partial charge in [-0.3, -0.25) is 4.79 Å². The molecule has 1 unspecified atom stereocenters. The van der Waals surface area contributed by atoms with E-state index >= 15 is 0 Å². The average molecular weight is 309 g/mol. The Kier molecular flexibility index (Phi) is 2.85. The zero-order valence-corrected chi connectivity index (χ0v) is 12.3. The number of amides is 1. The van der Waals surface area contributed by atoms with Gasteiger partial charge >= 0.3 is 0 Å². The second-order valence-corrected chi connectivity index (χ2v) is 6.11. The van der Waals surface area contributed by atoms with Crippen LogP contribution in [0.5, 0.6) is 0 Å². The maximum absolute atomic E-state index is 12.3. The highest BCUT2D eigenvalue weighted by atomic mass is 79.9. The van der Waals surface area contributed by atoms with Gasteiger partial charge in [-0.05, 0) is 44.4 Å². The van der Waals surface area contributed by atoms with E-state index in [9.17, 15) is 4.79 Å². The summed E-state index contributed by atoms with van der Waals surface area (Å²) >= 11 is 3.53. The van der Waals surface area contributed by atoms with Crippen molar-refractivity contribution < 1.29 is 4.79 Å². The van der Waals surface area contributed by atoms with E-state index in [1.165, 1.54) is 24.9 Å².